The summed E-state index contributed by atoms with van der Waals surface area (Å²) in [6.07, 6.45) is 0.392. The van der Waals surface area contributed by atoms with Crippen LogP contribution >= 0.6 is 0 Å². The number of rotatable bonds is 2. The van der Waals surface area contributed by atoms with Crippen LogP contribution in [-0.2, 0) is 4.79 Å². The van der Waals surface area contributed by atoms with Crippen molar-refractivity contribution in [2.24, 2.45) is 0 Å². The summed E-state index contributed by atoms with van der Waals surface area (Å²) in [7, 11) is 0. The van der Waals surface area contributed by atoms with E-state index in [-0.39, 0.29) is 23.1 Å². The molecule has 1 aromatic heterocycles. The Morgan fingerprint density at radius 2 is 2.25 bits per heavy atom. The Hall–Kier alpha value is -1.98. The van der Waals surface area contributed by atoms with Crippen molar-refractivity contribution < 1.29 is 9.90 Å². The highest BCUT2D eigenvalue weighted by molar-refractivity contribution is 5.83. The van der Waals surface area contributed by atoms with Gasteiger partial charge in [-0.15, -0.1) is 0 Å². The lowest BCUT2D eigenvalue weighted by molar-refractivity contribution is -0.105. The van der Waals surface area contributed by atoms with Gasteiger partial charge in [0.2, 0.25) is 12.3 Å². The van der Waals surface area contributed by atoms with Gasteiger partial charge in [0.05, 0.1) is 5.69 Å². The number of carbonyl (C=O) groups is 1. The fourth-order valence-electron chi connectivity index (χ4n) is 0.778. The van der Waals surface area contributed by atoms with Gasteiger partial charge in [-0.1, -0.05) is 0 Å². The van der Waals surface area contributed by atoms with Gasteiger partial charge in [0.1, 0.15) is 11.5 Å². The Labute approximate surface area is 68.2 Å². The van der Waals surface area contributed by atoms with E-state index in [1.165, 1.54) is 6.07 Å². The van der Waals surface area contributed by atoms with Gasteiger partial charge in [-0.3, -0.25) is 4.79 Å². The first kappa shape index (κ1) is 8.12. The van der Waals surface area contributed by atoms with Gasteiger partial charge in [-0.05, 0) is 0 Å². The van der Waals surface area contributed by atoms with E-state index in [0.717, 1.165) is 0 Å². The topological polar surface area (TPSA) is 114 Å². The molecule has 0 unspecified atom stereocenters. The predicted molar refractivity (Wildman–Crippen MR) is 44.4 cm³/mol. The minimum Gasteiger partial charge on any atom is -0.492 e. The molecule has 6 heteroatoms. The van der Waals surface area contributed by atoms with Crippen molar-refractivity contribution in [3.63, 3.8) is 0 Å². The van der Waals surface area contributed by atoms with E-state index >= 15 is 0 Å². The maximum atomic E-state index is 10.0. The zero-order valence-electron chi connectivity index (χ0n) is 6.11. The Morgan fingerprint density at radius 1 is 1.58 bits per heavy atom. The summed E-state index contributed by atoms with van der Waals surface area (Å²) < 4.78 is 0. The summed E-state index contributed by atoms with van der Waals surface area (Å²) >= 11 is 0. The van der Waals surface area contributed by atoms with Gasteiger partial charge in [0, 0.05) is 6.07 Å². The quantitative estimate of drug-likeness (QED) is 0.445. The summed E-state index contributed by atoms with van der Waals surface area (Å²) in [4.78, 5) is 13.5. The molecule has 0 aliphatic heterocycles. The van der Waals surface area contributed by atoms with Crippen molar-refractivity contribution in [1.82, 2.24) is 4.98 Å². The first-order valence-electron chi connectivity index (χ1n) is 3.10. The second-order valence-corrected chi connectivity index (χ2v) is 2.10. The highest BCUT2D eigenvalue weighted by atomic mass is 16.3. The Balaban J connectivity index is 3.18. The van der Waals surface area contributed by atoms with Crippen LogP contribution < -0.4 is 16.8 Å². The molecule has 1 aromatic rings. The molecular formula is C6H8N4O2. The van der Waals surface area contributed by atoms with Crippen molar-refractivity contribution in [2.75, 3.05) is 16.8 Å². The number of anilines is 3. The predicted octanol–water partition coefficient (Wildman–Crippen LogP) is -0.480. The molecule has 64 valence electrons. The smallest absolute Gasteiger partial charge is 0.239 e. The van der Waals surface area contributed by atoms with E-state index in [0.29, 0.717) is 6.41 Å². The van der Waals surface area contributed by atoms with E-state index in [2.05, 4.69) is 10.3 Å². The zero-order chi connectivity index (χ0) is 9.14. The van der Waals surface area contributed by atoms with Crippen LogP contribution in [0.2, 0.25) is 0 Å². The van der Waals surface area contributed by atoms with Crippen LogP contribution in [0.4, 0.5) is 17.2 Å². The molecule has 0 atom stereocenters. The van der Waals surface area contributed by atoms with E-state index in [4.69, 9.17) is 16.6 Å². The van der Waals surface area contributed by atoms with Crippen molar-refractivity contribution in [1.29, 1.82) is 0 Å². The Morgan fingerprint density at radius 3 is 2.75 bits per heavy atom. The average molecular weight is 168 g/mol. The molecular weight excluding hydrogens is 160 g/mol. The number of aromatic nitrogens is 1. The molecule has 0 saturated heterocycles. The average Bonchev–Trinajstić information content (AvgIpc) is 1.96. The molecule has 0 aromatic carbocycles. The number of pyridine rings is 1. The number of amides is 1. The number of carbonyl (C=O) groups excluding carboxylic acids is 1. The minimum atomic E-state index is -0.389. The maximum absolute atomic E-state index is 10.0. The molecule has 0 aliphatic carbocycles. The number of aromatic hydroxyl groups is 1. The largest absolute Gasteiger partial charge is 0.492 e. The van der Waals surface area contributed by atoms with E-state index < -0.39 is 0 Å². The van der Waals surface area contributed by atoms with E-state index in [1.54, 1.807) is 0 Å². The summed E-state index contributed by atoms with van der Waals surface area (Å²) in [6, 6.07) is 1.34. The van der Waals surface area contributed by atoms with Crippen molar-refractivity contribution in [3.8, 4) is 5.88 Å². The van der Waals surface area contributed by atoms with Crippen molar-refractivity contribution >= 4 is 23.6 Å². The second kappa shape index (κ2) is 2.95. The summed E-state index contributed by atoms with van der Waals surface area (Å²) in [5.41, 5.74) is 10.9. The molecule has 0 radical (unpaired) electrons. The third-order valence-electron chi connectivity index (χ3n) is 1.25. The summed E-state index contributed by atoms with van der Waals surface area (Å²) in [6.45, 7) is 0. The van der Waals surface area contributed by atoms with Gasteiger partial charge < -0.3 is 21.9 Å². The van der Waals surface area contributed by atoms with Gasteiger partial charge in [0.15, 0.2) is 0 Å². The van der Waals surface area contributed by atoms with Gasteiger partial charge in [-0.2, -0.15) is 4.98 Å². The SMILES string of the molecule is Nc1cc(N)c(NC=O)c(O)n1. The van der Waals surface area contributed by atoms with Crippen LogP contribution in [0.15, 0.2) is 6.07 Å². The number of nitrogens with two attached hydrogens (primary N) is 2. The van der Waals surface area contributed by atoms with Gasteiger partial charge in [-0.25, -0.2) is 0 Å². The fraction of sp³-hybridized carbons (Fsp3) is 0. The molecule has 0 aliphatic rings. The molecule has 1 heterocycles. The summed E-state index contributed by atoms with van der Waals surface area (Å²) in [5, 5.41) is 11.3. The number of nitrogens with zero attached hydrogens (tertiary/aromatic N) is 1. The summed E-state index contributed by atoms with van der Waals surface area (Å²) in [5.74, 6) is -0.291. The molecule has 0 fully saturated rings. The lowest BCUT2D eigenvalue weighted by atomic mass is 10.3. The molecule has 0 spiro atoms. The number of hydrogen-bond donors (Lipinski definition) is 4. The molecule has 6 N–H and O–H groups in total. The molecule has 0 saturated carbocycles. The van der Waals surface area contributed by atoms with Crippen LogP contribution in [0.3, 0.4) is 0 Å². The maximum Gasteiger partial charge on any atom is 0.239 e. The highest BCUT2D eigenvalue weighted by Gasteiger charge is 2.06. The number of nitrogen functional groups attached to an aromatic ring is 2. The third-order valence-corrected chi connectivity index (χ3v) is 1.25. The van der Waals surface area contributed by atoms with Crippen LogP contribution in [0.5, 0.6) is 5.88 Å². The van der Waals surface area contributed by atoms with Crippen LogP contribution in [0.25, 0.3) is 0 Å². The molecule has 12 heavy (non-hydrogen) atoms. The van der Waals surface area contributed by atoms with Gasteiger partial charge >= 0.3 is 0 Å². The molecule has 1 amide bonds. The Bertz CT molecular complexity index is 289. The first-order valence-corrected chi connectivity index (χ1v) is 3.10. The monoisotopic (exact) mass is 168 g/mol. The lowest BCUT2D eigenvalue weighted by Crippen LogP contribution is -2.02. The van der Waals surface area contributed by atoms with E-state index in [9.17, 15) is 4.79 Å². The minimum absolute atomic E-state index is 0.0687. The molecule has 0 bridgehead atoms. The van der Waals surface area contributed by atoms with Crippen LogP contribution in [0.1, 0.15) is 0 Å². The standard InChI is InChI=1S/C6H8N4O2/c7-3-1-4(8)10-6(12)5(3)9-2-11/h1-2H,(H,9,11)(H5,7,8,10,12). The second-order valence-electron chi connectivity index (χ2n) is 2.10. The number of hydrogen-bond acceptors (Lipinski definition) is 5. The zero-order valence-corrected chi connectivity index (χ0v) is 6.11. The van der Waals surface area contributed by atoms with E-state index in [1.807, 2.05) is 0 Å². The molecule has 1 rings (SSSR count). The van der Waals surface area contributed by atoms with Crippen LogP contribution in [0, 0.1) is 0 Å². The fourth-order valence-corrected chi connectivity index (χ4v) is 0.778. The Kier molecular flexibility index (Phi) is 2.00. The van der Waals surface area contributed by atoms with Gasteiger partial charge in [0.25, 0.3) is 0 Å². The highest BCUT2D eigenvalue weighted by Crippen LogP contribution is 2.28. The third kappa shape index (κ3) is 1.36. The lowest BCUT2D eigenvalue weighted by Gasteiger charge is -2.05. The van der Waals surface area contributed by atoms with Crippen molar-refractivity contribution in [3.05, 3.63) is 6.07 Å². The number of nitrogens with one attached hydrogen (secondary N) is 1. The molecule has 6 nitrogen and oxygen atoms in total. The van der Waals surface area contributed by atoms with Crippen LogP contribution in [-0.4, -0.2) is 16.5 Å². The first-order chi connectivity index (χ1) is 5.65. The van der Waals surface area contributed by atoms with Crippen molar-refractivity contribution in [2.45, 2.75) is 0 Å². The normalized spacial score (nSPS) is 9.33.